The maximum Gasteiger partial charge on any atom is 0.313 e. The number of unbranched alkanes of at least 4 members (excludes halogenated alkanes) is 2. The Bertz CT molecular complexity index is 1240. The van der Waals surface area contributed by atoms with Gasteiger partial charge in [0, 0.05) is 32.2 Å². The van der Waals surface area contributed by atoms with Gasteiger partial charge < -0.3 is 29.7 Å². The molecule has 3 heterocycles. The number of likely N-dealkylation sites (tertiary alicyclic amines) is 1. The van der Waals surface area contributed by atoms with Crippen molar-refractivity contribution < 1.29 is 33.8 Å². The molecule has 4 rings (SSSR count). The number of benzene rings is 1. The SMILES string of the molecule is C=CCCC(=O)N[C@@H](C)[C@H](OC(=O)[C@@H]1[C@H]2C(=O)N(CCCCCO)[C@H](C(=O)N(CC=C)C(C)C)[C@]23CC[C@H]1O3)c1ccccc1. The van der Waals surface area contributed by atoms with Crippen LogP contribution in [0.5, 0.6) is 0 Å². The molecule has 0 aliphatic carbocycles. The third kappa shape index (κ3) is 7.02. The maximum atomic E-state index is 14.3. The van der Waals surface area contributed by atoms with Crippen LogP contribution in [0.2, 0.25) is 0 Å². The number of aliphatic hydroxyl groups excluding tert-OH is 1. The van der Waals surface area contributed by atoms with Crippen molar-refractivity contribution in [1.82, 2.24) is 15.1 Å². The minimum Gasteiger partial charge on any atom is -0.455 e. The van der Waals surface area contributed by atoms with Gasteiger partial charge in [-0.15, -0.1) is 13.2 Å². The monoisotopic (exact) mass is 623 g/mol. The van der Waals surface area contributed by atoms with Crippen molar-refractivity contribution in [3.8, 4) is 0 Å². The number of esters is 1. The van der Waals surface area contributed by atoms with Crippen molar-refractivity contribution in [1.29, 1.82) is 0 Å². The standard InChI is InChI=1S/C35H49N3O7/c1-6-8-17-27(40)36-24(5)30(25-15-11-9-12-16-25)44-34(43)28-26-18-19-35(45-26)29(28)32(41)38(21-13-10-14-22-39)31(35)33(42)37(20-7-2)23(3)4/h6-7,9,11-12,15-16,23-24,26,28-31,39H,1-2,8,10,13-14,17-22H2,3-5H3,(H,36,40)/t24-,26+,28-,29-,30-,31+,35-/m0/s1. The number of carbonyl (C=O) groups excluding carboxylic acids is 4. The molecule has 45 heavy (non-hydrogen) atoms. The van der Waals surface area contributed by atoms with Gasteiger partial charge in [-0.3, -0.25) is 19.2 Å². The van der Waals surface area contributed by atoms with E-state index in [1.807, 2.05) is 44.2 Å². The van der Waals surface area contributed by atoms with Crippen LogP contribution in [0.1, 0.15) is 77.4 Å². The molecule has 7 atom stereocenters. The first kappa shape index (κ1) is 34.4. The largest absolute Gasteiger partial charge is 0.455 e. The number of amides is 3. The summed E-state index contributed by atoms with van der Waals surface area (Å²) in [6.45, 7) is 13.8. The molecule has 2 bridgehead atoms. The third-order valence-corrected chi connectivity index (χ3v) is 9.39. The van der Waals surface area contributed by atoms with Crippen LogP contribution >= 0.6 is 0 Å². The van der Waals surface area contributed by atoms with Crippen LogP contribution in [-0.4, -0.2) is 88.1 Å². The average molecular weight is 624 g/mol. The number of ether oxygens (including phenoxy) is 2. The lowest BCUT2D eigenvalue weighted by Gasteiger charge is -2.38. The van der Waals surface area contributed by atoms with Crippen molar-refractivity contribution >= 4 is 23.7 Å². The van der Waals surface area contributed by atoms with Gasteiger partial charge in [-0.1, -0.05) is 42.5 Å². The Morgan fingerprint density at radius 1 is 1.16 bits per heavy atom. The highest BCUT2D eigenvalue weighted by atomic mass is 16.6. The Labute approximate surface area is 266 Å². The Morgan fingerprint density at radius 2 is 1.89 bits per heavy atom. The number of carbonyl (C=O) groups is 4. The maximum absolute atomic E-state index is 14.3. The zero-order chi connectivity index (χ0) is 32.7. The third-order valence-electron chi connectivity index (χ3n) is 9.39. The molecule has 0 saturated carbocycles. The van der Waals surface area contributed by atoms with Crippen LogP contribution in [-0.2, 0) is 28.7 Å². The second-order valence-corrected chi connectivity index (χ2v) is 12.7. The number of hydrogen-bond acceptors (Lipinski definition) is 7. The molecular weight excluding hydrogens is 574 g/mol. The Kier molecular flexibility index (Phi) is 11.6. The predicted octanol–water partition coefficient (Wildman–Crippen LogP) is 3.70. The second-order valence-electron chi connectivity index (χ2n) is 12.7. The summed E-state index contributed by atoms with van der Waals surface area (Å²) < 4.78 is 12.8. The smallest absolute Gasteiger partial charge is 0.313 e. The van der Waals surface area contributed by atoms with Gasteiger partial charge in [0.05, 0.1) is 24.0 Å². The minimum absolute atomic E-state index is 0.0533. The minimum atomic E-state index is -1.14. The van der Waals surface area contributed by atoms with Crippen molar-refractivity contribution in [2.45, 2.75) is 102 Å². The van der Waals surface area contributed by atoms with Crippen LogP contribution in [0.3, 0.4) is 0 Å². The number of nitrogens with zero attached hydrogens (tertiary/aromatic N) is 2. The summed E-state index contributed by atoms with van der Waals surface area (Å²) in [6.07, 6.45) is 5.70. The number of fused-ring (bicyclic) bond motifs is 1. The topological polar surface area (TPSA) is 125 Å². The molecule has 2 N–H and O–H groups in total. The number of nitrogens with one attached hydrogen (secondary N) is 1. The van der Waals surface area contributed by atoms with Gasteiger partial charge >= 0.3 is 5.97 Å². The molecule has 0 radical (unpaired) electrons. The molecule has 3 aliphatic rings. The Hall–Kier alpha value is -3.50. The fourth-order valence-electron chi connectivity index (χ4n) is 7.30. The van der Waals surface area contributed by atoms with E-state index in [0.717, 1.165) is 5.56 Å². The Balaban J connectivity index is 1.64. The van der Waals surface area contributed by atoms with E-state index in [1.54, 1.807) is 28.9 Å². The summed E-state index contributed by atoms with van der Waals surface area (Å²) in [5.74, 6) is -2.98. The number of rotatable bonds is 17. The fraction of sp³-hybridized carbons (Fsp3) is 0.600. The highest BCUT2D eigenvalue weighted by molar-refractivity contribution is 5.98. The van der Waals surface area contributed by atoms with Gasteiger partial charge in [0.15, 0.2) is 0 Å². The van der Waals surface area contributed by atoms with E-state index in [4.69, 9.17) is 9.47 Å². The molecule has 3 amide bonds. The summed E-state index contributed by atoms with van der Waals surface area (Å²) in [5.41, 5.74) is -0.421. The first-order valence-electron chi connectivity index (χ1n) is 16.3. The highest BCUT2D eigenvalue weighted by Gasteiger charge is 2.75. The first-order valence-corrected chi connectivity index (χ1v) is 16.3. The summed E-state index contributed by atoms with van der Waals surface area (Å²) in [4.78, 5) is 58.6. The van der Waals surface area contributed by atoms with Crippen LogP contribution in [0, 0.1) is 11.8 Å². The predicted molar refractivity (Wildman–Crippen MR) is 170 cm³/mol. The van der Waals surface area contributed by atoms with Gasteiger partial charge in [0.2, 0.25) is 17.7 Å². The zero-order valence-corrected chi connectivity index (χ0v) is 26.9. The van der Waals surface area contributed by atoms with Gasteiger partial charge in [0.1, 0.15) is 17.7 Å². The molecule has 0 unspecified atom stereocenters. The quantitative estimate of drug-likeness (QED) is 0.154. The fourth-order valence-corrected chi connectivity index (χ4v) is 7.30. The molecule has 10 heteroatoms. The summed E-state index contributed by atoms with van der Waals surface area (Å²) in [6, 6.07) is 7.67. The van der Waals surface area contributed by atoms with E-state index in [9.17, 15) is 24.3 Å². The molecule has 0 aromatic heterocycles. The Morgan fingerprint density at radius 3 is 2.53 bits per heavy atom. The number of allylic oxidation sites excluding steroid dienone is 1. The summed E-state index contributed by atoms with van der Waals surface area (Å²) >= 11 is 0. The van der Waals surface area contributed by atoms with Gasteiger partial charge in [-0.2, -0.15) is 0 Å². The molecule has 3 saturated heterocycles. The van der Waals surface area contributed by atoms with E-state index in [0.29, 0.717) is 51.6 Å². The van der Waals surface area contributed by atoms with Crippen LogP contribution in [0.25, 0.3) is 0 Å². The average Bonchev–Trinajstić information content (AvgIpc) is 3.66. The molecule has 10 nitrogen and oxygen atoms in total. The van der Waals surface area contributed by atoms with E-state index < -0.39 is 47.7 Å². The van der Waals surface area contributed by atoms with Crippen LogP contribution in [0.4, 0.5) is 0 Å². The lowest BCUT2D eigenvalue weighted by Crippen LogP contribution is -2.57. The number of hydrogen-bond donors (Lipinski definition) is 2. The second kappa shape index (κ2) is 15.2. The molecule has 3 aliphatic heterocycles. The van der Waals surface area contributed by atoms with E-state index in [1.165, 1.54) is 0 Å². The van der Waals surface area contributed by atoms with Crippen molar-refractivity contribution in [3.05, 3.63) is 61.2 Å². The molecule has 246 valence electrons. The van der Waals surface area contributed by atoms with Gasteiger partial charge in [-0.05, 0) is 64.9 Å². The molecule has 1 aromatic carbocycles. The van der Waals surface area contributed by atoms with Crippen molar-refractivity contribution in [2.75, 3.05) is 19.7 Å². The first-order chi connectivity index (χ1) is 21.6. The van der Waals surface area contributed by atoms with Gasteiger partial charge in [0.25, 0.3) is 0 Å². The number of aliphatic hydroxyl groups is 1. The van der Waals surface area contributed by atoms with E-state index >= 15 is 0 Å². The summed E-state index contributed by atoms with van der Waals surface area (Å²) in [5, 5.41) is 12.2. The van der Waals surface area contributed by atoms with Crippen LogP contribution in [0.15, 0.2) is 55.6 Å². The molecule has 1 spiro atoms. The van der Waals surface area contributed by atoms with E-state index in [-0.39, 0.29) is 36.8 Å². The lowest BCUT2D eigenvalue weighted by atomic mass is 9.70. The highest BCUT2D eigenvalue weighted by Crippen LogP contribution is 2.59. The molecular formula is C35H49N3O7. The van der Waals surface area contributed by atoms with Gasteiger partial charge in [-0.25, -0.2) is 0 Å². The van der Waals surface area contributed by atoms with Crippen LogP contribution < -0.4 is 5.32 Å². The lowest BCUT2D eigenvalue weighted by molar-refractivity contribution is -0.162. The summed E-state index contributed by atoms with van der Waals surface area (Å²) in [7, 11) is 0. The normalized spacial score (nSPS) is 26.3. The zero-order valence-electron chi connectivity index (χ0n) is 26.9. The van der Waals surface area contributed by atoms with Crippen molar-refractivity contribution in [2.24, 2.45) is 11.8 Å². The van der Waals surface area contributed by atoms with E-state index in [2.05, 4.69) is 18.5 Å². The molecule has 3 fully saturated rings. The molecule has 1 aromatic rings. The van der Waals surface area contributed by atoms with Crippen molar-refractivity contribution in [3.63, 3.8) is 0 Å².